The lowest BCUT2D eigenvalue weighted by Gasteiger charge is -2.24. The van der Waals surface area contributed by atoms with Gasteiger partial charge in [-0.25, -0.2) is 0 Å². The summed E-state index contributed by atoms with van der Waals surface area (Å²) in [5.41, 5.74) is 0. The molecule has 82 valence electrons. The lowest BCUT2D eigenvalue weighted by Crippen LogP contribution is -2.43. The predicted octanol–water partition coefficient (Wildman–Crippen LogP) is 1.32. The van der Waals surface area contributed by atoms with Crippen LogP contribution in [-0.4, -0.2) is 35.6 Å². The molecule has 1 aliphatic rings. The lowest BCUT2D eigenvalue weighted by atomic mass is 10.1. The molecule has 0 unspecified atom stereocenters. The summed E-state index contributed by atoms with van der Waals surface area (Å²) >= 11 is 0. The monoisotopic (exact) mass is 208 g/mol. The van der Waals surface area contributed by atoms with Gasteiger partial charge >= 0.3 is 0 Å². The molecule has 5 heteroatoms. The summed E-state index contributed by atoms with van der Waals surface area (Å²) in [5, 5.41) is 9.28. The van der Waals surface area contributed by atoms with E-state index in [9.17, 15) is 13.9 Å². The van der Waals surface area contributed by atoms with E-state index >= 15 is 0 Å². The molecule has 3 nitrogen and oxygen atoms in total. The molecule has 0 aromatic heterocycles. The van der Waals surface area contributed by atoms with Gasteiger partial charge in [0.15, 0.2) is 5.79 Å². The second-order valence-corrected chi connectivity index (χ2v) is 3.69. The Bertz CT molecular complexity index is 228. The molecule has 0 aromatic rings. The van der Waals surface area contributed by atoms with Crippen molar-refractivity contribution in [3.63, 3.8) is 0 Å². The third kappa shape index (κ3) is 2.29. The molecule has 0 bridgehead atoms. The number of hydrogen-bond acceptors (Lipinski definition) is 3. The van der Waals surface area contributed by atoms with Crippen LogP contribution in [-0.2, 0) is 9.47 Å². The number of halogens is 2. The van der Waals surface area contributed by atoms with Crippen molar-refractivity contribution in [2.24, 2.45) is 0 Å². The van der Waals surface area contributed by atoms with Crippen LogP contribution < -0.4 is 0 Å². The molecule has 0 aliphatic carbocycles. The molecule has 2 atom stereocenters. The van der Waals surface area contributed by atoms with Crippen LogP contribution in [0.4, 0.5) is 8.78 Å². The highest BCUT2D eigenvalue weighted by Crippen LogP contribution is 2.31. The topological polar surface area (TPSA) is 38.7 Å². The van der Waals surface area contributed by atoms with E-state index in [4.69, 9.17) is 9.47 Å². The molecule has 1 saturated heterocycles. The fourth-order valence-electron chi connectivity index (χ4n) is 1.24. The standard InChI is InChI=1S/C9H14F2O3/c1-4-9(10,11)7(12)6-5-13-8(2,3)14-6/h4,6-7,12H,1,5H2,2-3H3/t6-,7+/m1/s1. The molecule has 0 saturated carbocycles. The molecular formula is C9H14F2O3. The maximum atomic E-state index is 12.9. The summed E-state index contributed by atoms with van der Waals surface area (Å²) in [6.45, 7) is 6.12. The smallest absolute Gasteiger partial charge is 0.294 e. The fourth-order valence-corrected chi connectivity index (χ4v) is 1.24. The first-order valence-corrected chi connectivity index (χ1v) is 4.30. The van der Waals surface area contributed by atoms with E-state index in [0.717, 1.165) is 0 Å². The van der Waals surface area contributed by atoms with Gasteiger partial charge in [0.05, 0.1) is 6.61 Å². The van der Waals surface area contributed by atoms with Crippen LogP contribution in [0.2, 0.25) is 0 Å². The molecule has 1 aliphatic heterocycles. The zero-order valence-electron chi connectivity index (χ0n) is 8.17. The van der Waals surface area contributed by atoms with Crippen molar-refractivity contribution in [2.45, 2.75) is 37.8 Å². The van der Waals surface area contributed by atoms with Crippen LogP contribution in [0.15, 0.2) is 12.7 Å². The van der Waals surface area contributed by atoms with Crippen molar-refractivity contribution in [3.8, 4) is 0 Å². The first-order valence-electron chi connectivity index (χ1n) is 4.30. The molecule has 1 N–H and O–H groups in total. The quantitative estimate of drug-likeness (QED) is 0.711. The maximum Gasteiger partial charge on any atom is 0.294 e. The van der Waals surface area contributed by atoms with Gasteiger partial charge in [0.25, 0.3) is 5.92 Å². The largest absolute Gasteiger partial charge is 0.384 e. The van der Waals surface area contributed by atoms with Crippen molar-refractivity contribution < 1.29 is 23.4 Å². The van der Waals surface area contributed by atoms with E-state index in [1.54, 1.807) is 13.8 Å². The van der Waals surface area contributed by atoms with Crippen molar-refractivity contribution in [1.82, 2.24) is 0 Å². The van der Waals surface area contributed by atoms with Crippen LogP contribution >= 0.6 is 0 Å². The van der Waals surface area contributed by atoms with E-state index < -0.39 is 23.9 Å². The molecule has 1 rings (SSSR count). The van der Waals surface area contributed by atoms with Crippen molar-refractivity contribution in [1.29, 1.82) is 0 Å². The molecule has 0 radical (unpaired) electrons. The highest BCUT2D eigenvalue weighted by molar-refractivity contribution is 4.97. The number of ether oxygens (including phenoxy) is 2. The Balaban J connectivity index is 2.64. The Hall–Kier alpha value is -0.520. The van der Waals surface area contributed by atoms with E-state index in [1.165, 1.54) is 0 Å². The number of alkyl halides is 2. The first kappa shape index (κ1) is 11.6. The van der Waals surface area contributed by atoms with Gasteiger partial charge in [-0.15, -0.1) is 0 Å². The molecule has 14 heavy (non-hydrogen) atoms. The maximum absolute atomic E-state index is 12.9. The van der Waals surface area contributed by atoms with Gasteiger partial charge in [-0.2, -0.15) is 8.78 Å². The van der Waals surface area contributed by atoms with Crippen molar-refractivity contribution >= 4 is 0 Å². The van der Waals surface area contributed by atoms with Crippen LogP contribution in [0.25, 0.3) is 0 Å². The van der Waals surface area contributed by atoms with E-state index in [0.29, 0.717) is 6.08 Å². The van der Waals surface area contributed by atoms with Gasteiger partial charge in [-0.1, -0.05) is 6.58 Å². The highest BCUT2D eigenvalue weighted by Gasteiger charge is 2.46. The van der Waals surface area contributed by atoms with E-state index in [-0.39, 0.29) is 6.61 Å². The van der Waals surface area contributed by atoms with Crippen LogP contribution in [0, 0.1) is 0 Å². The minimum absolute atomic E-state index is 0.0441. The zero-order chi connectivity index (χ0) is 11.0. The lowest BCUT2D eigenvalue weighted by molar-refractivity contribution is -0.176. The summed E-state index contributed by atoms with van der Waals surface area (Å²) < 4.78 is 36.1. The molecule has 0 aromatic carbocycles. The molecule has 1 heterocycles. The Morgan fingerprint density at radius 3 is 2.57 bits per heavy atom. The second-order valence-electron chi connectivity index (χ2n) is 3.69. The van der Waals surface area contributed by atoms with Crippen molar-refractivity contribution in [2.75, 3.05) is 6.61 Å². The SMILES string of the molecule is C=CC(F)(F)[C@@H](O)[C@H]1COC(C)(C)O1. The van der Waals surface area contributed by atoms with Crippen LogP contribution in [0.3, 0.4) is 0 Å². The fraction of sp³-hybridized carbons (Fsp3) is 0.778. The summed E-state index contributed by atoms with van der Waals surface area (Å²) in [5.74, 6) is -4.27. The third-order valence-corrected chi connectivity index (χ3v) is 2.05. The molecule has 0 spiro atoms. The molecule has 0 amide bonds. The summed E-state index contributed by atoms with van der Waals surface area (Å²) in [7, 11) is 0. The summed E-state index contributed by atoms with van der Waals surface area (Å²) in [6.07, 6.45) is -2.52. The number of hydrogen-bond donors (Lipinski definition) is 1. The average Bonchev–Trinajstić information content (AvgIpc) is 2.44. The molecule has 1 fully saturated rings. The van der Waals surface area contributed by atoms with Gasteiger partial charge < -0.3 is 14.6 Å². The Kier molecular flexibility index (Phi) is 2.94. The molecular weight excluding hydrogens is 194 g/mol. The van der Waals surface area contributed by atoms with Gasteiger partial charge in [-0.05, 0) is 19.9 Å². The predicted molar refractivity (Wildman–Crippen MR) is 46.1 cm³/mol. The average molecular weight is 208 g/mol. The van der Waals surface area contributed by atoms with E-state index in [2.05, 4.69) is 6.58 Å². The summed E-state index contributed by atoms with van der Waals surface area (Å²) in [4.78, 5) is 0. The minimum Gasteiger partial charge on any atom is -0.384 e. The number of aliphatic hydroxyl groups is 1. The second kappa shape index (κ2) is 3.56. The van der Waals surface area contributed by atoms with Crippen molar-refractivity contribution in [3.05, 3.63) is 12.7 Å². The Labute approximate surface area is 81.3 Å². The third-order valence-electron chi connectivity index (χ3n) is 2.05. The van der Waals surface area contributed by atoms with Gasteiger partial charge in [-0.3, -0.25) is 0 Å². The van der Waals surface area contributed by atoms with Gasteiger partial charge in [0.1, 0.15) is 12.2 Å². The zero-order valence-corrected chi connectivity index (χ0v) is 8.17. The highest BCUT2D eigenvalue weighted by atomic mass is 19.3. The Morgan fingerprint density at radius 2 is 2.21 bits per heavy atom. The normalized spacial score (nSPS) is 28.8. The first-order chi connectivity index (χ1) is 6.28. The van der Waals surface area contributed by atoms with Gasteiger partial charge in [0, 0.05) is 0 Å². The number of aliphatic hydroxyl groups excluding tert-OH is 1. The van der Waals surface area contributed by atoms with Crippen LogP contribution in [0.5, 0.6) is 0 Å². The Morgan fingerprint density at radius 1 is 1.64 bits per heavy atom. The van der Waals surface area contributed by atoms with E-state index in [1.807, 2.05) is 0 Å². The summed E-state index contributed by atoms with van der Waals surface area (Å²) in [6, 6.07) is 0. The minimum atomic E-state index is -3.35. The van der Waals surface area contributed by atoms with Crippen LogP contribution in [0.1, 0.15) is 13.8 Å². The van der Waals surface area contributed by atoms with Gasteiger partial charge in [0.2, 0.25) is 0 Å². The number of rotatable bonds is 3.